The number of carbonyl (C=O) groups excluding carboxylic acids is 1. The molecule has 1 aromatic heterocycles. The highest BCUT2D eigenvalue weighted by Crippen LogP contribution is 2.26. The number of fused-ring (bicyclic) bond motifs is 1. The van der Waals surface area contributed by atoms with Crippen LogP contribution in [0.15, 0.2) is 53.4 Å². The quantitative estimate of drug-likeness (QED) is 0.621. The Labute approximate surface area is 174 Å². The van der Waals surface area contributed by atoms with E-state index in [1.165, 1.54) is 4.31 Å². The van der Waals surface area contributed by atoms with Crippen molar-refractivity contribution in [1.29, 1.82) is 0 Å². The van der Waals surface area contributed by atoms with Crippen molar-refractivity contribution < 1.29 is 13.2 Å². The number of hydrogen-bond donors (Lipinski definition) is 0. The van der Waals surface area contributed by atoms with E-state index in [1.54, 1.807) is 23.1 Å². The molecule has 0 radical (unpaired) electrons. The highest BCUT2D eigenvalue weighted by atomic mass is 32.2. The van der Waals surface area contributed by atoms with E-state index in [2.05, 4.69) is 8.75 Å². The number of piperazine rings is 1. The van der Waals surface area contributed by atoms with Crippen molar-refractivity contribution in [2.24, 2.45) is 0 Å². The van der Waals surface area contributed by atoms with Gasteiger partial charge in [0, 0.05) is 32.6 Å². The van der Waals surface area contributed by atoms with Crippen molar-refractivity contribution in [3.63, 3.8) is 0 Å². The van der Waals surface area contributed by atoms with E-state index in [4.69, 9.17) is 0 Å². The lowest BCUT2D eigenvalue weighted by molar-refractivity contribution is -0.132. The summed E-state index contributed by atoms with van der Waals surface area (Å²) in [7, 11) is -3.67. The van der Waals surface area contributed by atoms with E-state index in [1.807, 2.05) is 37.3 Å². The number of sulfonamides is 1. The smallest absolute Gasteiger partial charge is 0.245 e. The Hall–Kier alpha value is -2.36. The zero-order valence-corrected chi connectivity index (χ0v) is 17.7. The standard InChI is InChI=1S/C20H22N4O3S2/c1-15(16-6-3-2-4-7-16)14-19(25)23-10-12-24(13-11-23)29(26,27)18-9-5-8-17-20(18)22-28-21-17/h2-9,15H,10-14H2,1H3. The highest BCUT2D eigenvalue weighted by Gasteiger charge is 2.32. The first kappa shape index (κ1) is 19.9. The van der Waals surface area contributed by atoms with E-state index < -0.39 is 10.0 Å². The lowest BCUT2D eigenvalue weighted by atomic mass is 9.97. The number of amides is 1. The first-order valence-electron chi connectivity index (χ1n) is 9.51. The summed E-state index contributed by atoms with van der Waals surface area (Å²) in [5, 5.41) is 0. The van der Waals surface area contributed by atoms with E-state index in [9.17, 15) is 13.2 Å². The molecule has 7 nitrogen and oxygen atoms in total. The minimum Gasteiger partial charge on any atom is -0.340 e. The maximum Gasteiger partial charge on any atom is 0.245 e. The molecule has 0 N–H and O–H groups in total. The molecule has 0 bridgehead atoms. The first-order chi connectivity index (χ1) is 14.0. The molecule has 9 heteroatoms. The van der Waals surface area contributed by atoms with Gasteiger partial charge in [-0.25, -0.2) is 8.42 Å². The van der Waals surface area contributed by atoms with Crippen LogP contribution in [0.5, 0.6) is 0 Å². The summed E-state index contributed by atoms with van der Waals surface area (Å²) in [6, 6.07) is 14.9. The molecular formula is C20H22N4O3S2. The van der Waals surface area contributed by atoms with E-state index >= 15 is 0 Å². The van der Waals surface area contributed by atoms with Crippen molar-refractivity contribution in [2.45, 2.75) is 24.2 Å². The number of rotatable bonds is 5. The molecule has 152 valence electrons. The first-order valence-corrected chi connectivity index (χ1v) is 11.7. The van der Waals surface area contributed by atoms with Gasteiger partial charge in [-0.05, 0) is 23.6 Å². The van der Waals surface area contributed by atoms with Crippen LogP contribution in [0.1, 0.15) is 24.8 Å². The average molecular weight is 431 g/mol. The molecular weight excluding hydrogens is 408 g/mol. The van der Waals surface area contributed by atoms with Gasteiger partial charge in [0.05, 0.1) is 11.7 Å². The molecule has 1 fully saturated rings. The van der Waals surface area contributed by atoms with E-state index in [0.717, 1.165) is 17.3 Å². The van der Waals surface area contributed by atoms with Gasteiger partial charge in [-0.2, -0.15) is 13.1 Å². The number of nitrogens with zero attached hydrogens (tertiary/aromatic N) is 4. The predicted octanol–water partition coefficient (Wildman–Crippen LogP) is 2.72. The second-order valence-corrected chi connectivity index (χ2v) is 9.62. The Morgan fingerprint density at radius 3 is 2.48 bits per heavy atom. The normalized spacial score (nSPS) is 16.8. The molecule has 0 saturated carbocycles. The van der Waals surface area contributed by atoms with Crippen molar-refractivity contribution >= 4 is 38.7 Å². The predicted molar refractivity (Wildman–Crippen MR) is 112 cm³/mol. The number of hydrogen-bond acceptors (Lipinski definition) is 6. The summed E-state index contributed by atoms with van der Waals surface area (Å²) in [4.78, 5) is 14.6. The van der Waals surface area contributed by atoms with Crippen LogP contribution in [-0.2, 0) is 14.8 Å². The van der Waals surface area contributed by atoms with Crippen molar-refractivity contribution in [3.8, 4) is 0 Å². The van der Waals surface area contributed by atoms with E-state index in [-0.39, 0.29) is 29.8 Å². The maximum atomic E-state index is 13.1. The number of carbonyl (C=O) groups is 1. The zero-order chi connectivity index (χ0) is 20.4. The molecule has 1 atom stereocenters. The van der Waals surface area contributed by atoms with Crippen LogP contribution in [0, 0.1) is 0 Å². The Morgan fingerprint density at radius 1 is 1.03 bits per heavy atom. The Morgan fingerprint density at radius 2 is 1.76 bits per heavy atom. The van der Waals surface area contributed by atoms with Crippen LogP contribution >= 0.6 is 11.7 Å². The van der Waals surface area contributed by atoms with Crippen LogP contribution < -0.4 is 0 Å². The van der Waals surface area contributed by atoms with Gasteiger partial charge in [0.15, 0.2) is 0 Å². The second kappa shape index (κ2) is 8.17. The van der Waals surface area contributed by atoms with Gasteiger partial charge in [0.1, 0.15) is 15.9 Å². The lowest BCUT2D eigenvalue weighted by Gasteiger charge is -2.34. The maximum absolute atomic E-state index is 13.1. The summed E-state index contributed by atoms with van der Waals surface area (Å²) < 4.78 is 35.9. The molecule has 29 heavy (non-hydrogen) atoms. The van der Waals surface area contributed by atoms with Crippen molar-refractivity contribution in [2.75, 3.05) is 26.2 Å². The second-order valence-electron chi connectivity index (χ2n) is 7.19. The number of benzene rings is 2. The monoisotopic (exact) mass is 430 g/mol. The summed E-state index contributed by atoms with van der Waals surface area (Å²) in [6.45, 7) is 3.38. The van der Waals surface area contributed by atoms with Gasteiger partial charge in [0.2, 0.25) is 15.9 Å². The molecule has 4 rings (SSSR count). The Bertz CT molecular complexity index is 1110. The summed E-state index contributed by atoms with van der Waals surface area (Å²) in [6.07, 6.45) is 0.417. The largest absolute Gasteiger partial charge is 0.340 e. The van der Waals surface area contributed by atoms with Crippen molar-refractivity contribution in [1.82, 2.24) is 18.0 Å². The van der Waals surface area contributed by atoms with Crippen LogP contribution in [0.2, 0.25) is 0 Å². The van der Waals surface area contributed by atoms with Gasteiger partial charge in [0.25, 0.3) is 0 Å². The minimum atomic E-state index is -3.67. The molecule has 1 aliphatic heterocycles. The Balaban J connectivity index is 1.41. The van der Waals surface area contributed by atoms with Gasteiger partial charge >= 0.3 is 0 Å². The van der Waals surface area contributed by atoms with Crippen molar-refractivity contribution in [3.05, 3.63) is 54.1 Å². The third-order valence-electron chi connectivity index (χ3n) is 5.31. The molecule has 0 spiro atoms. The third-order valence-corrected chi connectivity index (χ3v) is 7.78. The lowest BCUT2D eigenvalue weighted by Crippen LogP contribution is -2.50. The minimum absolute atomic E-state index is 0.0594. The molecule has 1 aliphatic rings. The number of aromatic nitrogens is 2. The Kier molecular flexibility index (Phi) is 5.62. The molecule has 1 saturated heterocycles. The fourth-order valence-electron chi connectivity index (χ4n) is 3.60. The summed E-state index contributed by atoms with van der Waals surface area (Å²) >= 11 is 1.00. The average Bonchev–Trinajstić information content (AvgIpc) is 3.23. The molecule has 3 aromatic rings. The third kappa shape index (κ3) is 4.03. The highest BCUT2D eigenvalue weighted by molar-refractivity contribution is 7.89. The van der Waals surface area contributed by atoms with Crippen LogP contribution in [0.25, 0.3) is 11.0 Å². The zero-order valence-electron chi connectivity index (χ0n) is 16.1. The van der Waals surface area contributed by atoms with Gasteiger partial charge in [-0.1, -0.05) is 43.3 Å². The molecule has 1 unspecified atom stereocenters. The molecule has 1 amide bonds. The topological polar surface area (TPSA) is 83.5 Å². The molecule has 0 aliphatic carbocycles. The van der Waals surface area contributed by atoms with Crippen LogP contribution in [0.4, 0.5) is 0 Å². The van der Waals surface area contributed by atoms with Gasteiger partial charge in [-0.15, -0.1) is 0 Å². The van der Waals surface area contributed by atoms with Crippen LogP contribution in [-0.4, -0.2) is 58.5 Å². The van der Waals surface area contributed by atoms with Crippen LogP contribution in [0.3, 0.4) is 0 Å². The van der Waals surface area contributed by atoms with Gasteiger partial charge in [-0.3, -0.25) is 4.79 Å². The van der Waals surface area contributed by atoms with Gasteiger partial charge < -0.3 is 4.90 Å². The fraction of sp³-hybridized carbons (Fsp3) is 0.350. The SMILES string of the molecule is CC(CC(=O)N1CCN(S(=O)(=O)c2cccc3nsnc23)CC1)c1ccccc1. The molecule has 2 heterocycles. The fourth-order valence-corrected chi connectivity index (χ4v) is 5.77. The summed E-state index contributed by atoms with van der Waals surface area (Å²) in [5.74, 6) is 0.185. The summed E-state index contributed by atoms with van der Waals surface area (Å²) in [5.41, 5.74) is 2.12. The molecule has 2 aromatic carbocycles. The van der Waals surface area contributed by atoms with E-state index in [0.29, 0.717) is 30.5 Å².